The second-order valence-corrected chi connectivity index (χ2v) is 8.56. The molecule has 1 aliphatic heterocycles. The number of nitrogens with one attached hydrogen (secondary N) is 1. The predicted octanol–water partition coefficient (Wildman–Crippen LogP) is 3.51. The molecule has 3 rings (SSSR count). The SMILES string of the molecule is COc1ccc(NC(=O)c2cccc(S(=O)(=O)N3CCCCC3C)c2)cc1. The molecule has 1 saturated heterocycles. The van der Waals surface area contributed by atoms with Crippen molar-refractivity contribution in [3.8, 4) is 5.75 Å². The van der Waals surface area contributed by atoms with Gasteiger partial charge in [-0.15, -0.1) is 0 Å². The molecule has 1 fully saturated rings. The van der Waals surface area contributed by atoms with Gasteiger partial charge in [-0.1, -0.05) is 12.5 Å². The van der Waals surface area contributed by atoms with Gasteiger partial charge in [0, 0.05) is 23.8 Å². The van der Waals surface area contributed by atoms with E-state index in [0.717, 1.165) is 19.3 Å². The van der Waals surface area contributed by atoms with Crippen LogP contribution in [0.15, 0.2) is 53.4 Å². The normalized spacial score (nSPS) is 18.1. The van der Waals surface area contributed by atoms with E-state index in [1.54, 1.807) is 49.6 Å². The number of piperidine rings is 1. The van der Waals surface area contributed by atoms with Crippen LogP contribution in [0.3, 0.4) is 0 Å². The highest BCUT2D eigenvalue weighted by Crippen LogP contribution is 2.26. The molecular weight excluding hydrogens is 364 g/mol. The van der Waals surface area contributed by atoms with Crippen LogP contribution in [-0.4, -0.2) is 38.3 Å². The Bertz CT molecular complexity index is 910. The molecule has 0 bridgehead atoms. The summed E-state index contributed by atoms with van der Waals surface area (Å²) in [6.45, 7) is 2.45. The molecule has 2 aromatic rings. The fourth-order valence-corrected chi connectivity index (χ4v) is 4.99. The second-order valence-electron chi connectivity index (χ2n) is 6.67. The molecular formula is C20H24N2O4S. The highest BCUT2D eigenvalue weighted by molar-refractivity contribution is 7.89. The zero-order valence-corrected chi connectivity index (χ0v) is 16.3. The molecule has 0 aromatic heterocycles. The fourth-order valence-electron chi connectivity index (χ4n) is 3.24. The Morgan fingerprint density at radius 3 is 2.56 bits per heavy atom. The minimum atomic E-state index is -3.61. The highest BCUT2D eigenvalue weighted by Gasteiger charge is 2.31. The van der Waals surface area contributed by atoms with Gasteiger partial charge in [0.25, 0.3) is 5.91 Å². The standard InChI is InChI=1S/C20H24N2O4S/c1-15-6-3-4-13-22(15)27(24,25)19-8-5-7-16(14-19)20(23)21-17-9-11-18(26-2)12-10-17/h5,7-12,14-15H,3-4,6,13H2,1-2H3,(H,21,23). The number of sulfonamides is 1. The van der Waals surface area contributed by atoms with Gasteiger partial charge in [-0.2, -0.15) is 4.31 Å². The van der Waals surface area contributed by atoms with Crippen LogP contribution in [0.1, 0.15) is 36.5 Å². The molecule has 1 unspecified atom stereocenters. The van der Waals surface area contributed by atoms with Crippen LogP contribution in [0.2, 0.25) is 0 Å². The van der Waals surface area contributed by atoms with Crippen LogP contribution in [0.4, 0.5) is 5.69 Å². The topological polar surface area (TPSA) is 75.7 Å². The summed E-state index contributed by atoms with van der Waals surface area (Å²) >= 11 is 0. The monoisotopic (exact) mass is 388 g/mol. The first kappa shape index (κ1) is 19.4. The van der Waals surface area contributed by atoms with Crippen molar-refractivity contribution >= 4 is 21.6 Å². The largest absolute Gasteiger partial charge is 0.497 e. The molecule has 0 saturated carbocycles. The van der Waals surface area contributed by atoms with E-state index in [2.05, 4.69) is 5.32 Å². The summed E-state index contributed by atoms with van der Waals surface area (Å²) in [5, 5.41) is 2.77. The summed E-state index contributed by atoms with van der Waals surface area (Å²) in [6, 6.07) is 13.1. The Balaban J connectivity index is 1.80. The van der Waals surface area contributed by atoms with Crippen molar-refractivity contribution in [2.45, 2.75) is 37.1 Å². The molecule has 1 N–H and O–H groups in total. The summed E-state index contributed by atoms with van der Waals surface area (Å²) < 4.78 is 32.6. The third kappa shape index (κ3) is 4.31. The van der Waals surface area contributed by atoms with E-state index in [9.17, 15) is 13.2 Å². The van der Waals surface area contributed by atoms with Crippen LogP contribution in [0.5, 0.6) is 5.75 Å². The number of carbonyl (C=O) groups excluding carboxylic acids is 1. The maximum absolute atomic E-state index is 13.0. The van der Waals surface area contributed by atoms with Crippen LogP contribution in [0.25, 0.3) is 0 Å². The molecule has 1 amide bonds. The highest BCUT2D eigenvalue weighted by atomic mass is 32.2. The van der Waals surface area contributed by atoms with Gasteiger partial charge in [0.15, 0.2) is 0 Å². The molecule has 7 heteroatoms. The molecule has 1 heterocycles. The van der Waals surface area contributed by atoms with Crippen LogP contribution < -0.4 is 10.1 Å². The fraction of sp³-hybridized carbons (Fsp3) is 0.350. The third-order valence-corrected chi connectivity index (χ3v) is 6.80. The number of nitrogens with zero attached hydrogens (tertiary/aromatic N) is 1. The summed E-state index contributed by atoms with van der Waals surface area (Å²) in [7, 11) is -2.04. The molecule has 2 aromatic carbocycles. The molecule has 6 nitrogen and oxygen atoms in total. The van der Waals surface area contributed by atoms with Crippen molar-refractivity contribution in [3.05, 3.63) is 54.1 Å². The molecule has 1 atom stereocenters. The second kappa shape index (κ2) is 8.10. The molecule has 0 radical (unpaired) electrons. The van der Waals surface area contributed by atoms with Crippen molar-refractivity contribution in [1.82, 2.24) is 4.31 Å². The lowest BCUT2D eigenvalue weighted by molar-refractivity contribution is 0.102. The Labute approximate surface area is 160 Å². The van der Waals surface area contributed by atoms with E-state index in [4.69, 9.17) is 4.74 Å². The van der Waals surface area contributed by atoms with Gasteiger partial charge in [-0.3, -0.25) is 4.79 Å². The van der Waals surface area contributed by atoms with Crippen molar-refractivity contribution in [3.63, 3.8) is 0 Å². The van der Waals surface area contributed by atoms with Crippen LogP contribution in [-0.2, 0) is 10.0 Å². The van der Waals surface area contributed by atoms with Crippen molar-refractivity contribution in [2.75, 3.05) is 19.0 Å². The lowest BCUT2D eigenvalue weighted by atomic mass is 10.1. The average Bonchev–Trinajstić information content (AvgIpc) is 2.69. The number of anilines is 1. The van der Waals surface area contributed by atoms with Crippen molar-refractivity contribution < 1.29 is 17.9 Å². The van der Waals surface area contributed by atoms with E-state index in [0.29, 0.717) is 23.5 Å². The molecule has 27 heavy (non-hydrogen) atoms. The number of hydrogen-bond acceptors (Lipinski definition) is 4. The lowest BCUT2D eigenvalue weighted by Gasteiger charge is -2.32. The van der Waals surface area contributed by atoms with E-state index < -0.39 is 10.0 Å². The molecule has 0 spiro atoms. The number of amides is 1. The Morgan fingerprint density at radius 2 is 1.89 bits per heavy atom. The number of benzene rings is 2. The van der Waals surface area contributed by atoms with Gasteiger partial charge in [0.1, 0.15) is 5.75 Å². The van der Waals surface area contributed by atoms with E-state index in [1.165, 1.54) is 10.4 Å². The quantitative estimate of drug-likeness (QED) is 0.850. The van der Waals surface area contributed by atoms with Crippen LogP contribution >= 0.6 is 0 Å². The molecule has 144 valence electrons. The predicted molar refractivity (Wildman–Crippen MR) is 105 cm³/mol. The van der Waals surface area contributed by atoms with Crippen molar-refractivity contribution in [2.24, 2.45) is 0 Å². The van der Waals surface area contributed by atoms with E-state index in [-0.39, 0.29) is 16.8 Å². The van der Waals surface area contributed by atoms with Crippen molar-refractivity contribution in [1.29, 1.82) is 0 Å². The van der Waals surface area contributed by atoms with Gasteiger partial charge in [-0.25, -0.2) is 8.42 Å². The maximum Gasteiger partial charge on any atom is 0.255 e. The summed E-state index contributed by atoms with van der Waals surface area (Å²) in [5.74, 6) is 0.334. The first-order valence-electron chi connectivity index (χ1n) is 8.99. The Morgan fingerprint density at radius 1 is 1.15 bits per heavy atom. The zero-order chi connectivity index (χ0) is 19.4. The number of carbonyl (C=O) groups is 1. The summed E-state index contributed by atoms with van der Waals surface area (Å²) in [5.41, 5.74) is 0.912. The minimum Gasteiger partial charge on any atom is -0.497 e. The number of methoxy groups -OCH3 is 1. The number of ether oxygens (including phenoxy) is 1. The first-order valence-corrected chi connectivity index (χ1v) is 10.4. The first-order chi connectivity index (χ1) is 12.9. The average molecular weight is 388 g/mol. The lowest BCUT2D eigenvalue weighted by Crippen LogP contribution is -2.41. The van der Waals surface area contributed by atoms with Gasteiger partial charge in [0.2, 0.25) is 10.0 Å². The van der Waals surface area contributed by atoms with Gasteiger partial charge in [0.05, 0.1) is 12.0 Å². The number of rotatable bonds is 5. The van der Waals surface area contributed by atoms with Crippen LogP contribution in [0, 0.1) is 0 Å². The van der Waals surface area contributed by atoms with E-state index in [1.807, 2.05) is 6.92 Å². The molecule has 1 aliphatic rings. The summed E-state index contributed by atoms with van der Waals surface area (Å²) in [4.78, 5) is 12.7. The third-order valence-electron chi connectivity index (χ3n) is 4.79. The zero-order valence-electron chi connectivity index (χ0n) is 15.5. The smallest absolute Gasteiger partial charge is 0.255 e. The Hall–Kier alpha value is -2.38. The summed E-state index contributed by atoms with van der Waals surface area (Å²) in [6.07, 6.45) is 2.76. The molecule has 0 aliphatic carbocycles. The maximum atomic E-state index is 13.0. The number of hydrogen-bond donors (Lipinski definition) is 1. The Kier molecular flexibility index (Phi) is 5.82. The van der Waals surface area contributed by atoms with E-state index >= 15 is 0 Å². The van der Waals surface area contributed by atoms with Gasteiger partial charge in [-0.05, 0) is 62.2 Å². The van der Waals surface area contributed by atoms with Gasteiger partial charge >= 0.3 is 0 Å². The minimum absolute atomic E-state index is 0.0273. The van der Waals surface area contributed by atoms with Gasteiger partial charge < -0.3 is 10.1 Å².